The van der Waals surface area contributed by atoms with E-state index in [1.807, 2.05) is 0 Å². The smallest absolute Gasteiger partial charge is 0.0230 e. The van der Waals surface area contributed by atoms with Gasteiger partial charge in [0.05, 0.1) is 0 Å². The summed E-state index contributed by atoms with van der Waals surface area (Å²) in [5.74, 6) is 8.93. The lowest BCUT2D eigenvalue weighted by Gasteiger charge is -2.53. The summed E-state index contributed by atoms with van der Waals surface area (Å²) in [4.78, 5) is 0. The van der Waals surface area contributed by atoms with E-state index in [4.69, 9.17) is 0 Å². The number of rotatable bonds is 0. The van der Waals surface area contributed by atoms with Crippen LogP contribution >= 0.6 is 0 Å². The molecule has 0 radical (unpaired) electrons. The summed E-state index contributed by atoms with van der Waals surface area (Å²) >= 11 is 0. The quantitative estimate of drug-likeness (QED) is 0.549. The Morgan fingerprint density at radius 2 is 1.50 bits per heavy atom. The number of fused-ring (bicyclic) bond motifs is 3. The molecule has 0 aromatic rings. The Hall–Kier alpha value is 0. The predicted octanol–water partition coefficient (Wildman–Crippen LogP) is 3.43. The number of hydrogen-bond donors (Lipinski definition) is 0. The summed E-state index contributed by atoms with van der Waals surface area (Å²) in [6.07, 6.45) is 1.51. The van der Waals surface area contributed by atoms with E-state index in [2.05, 4.69) is 27.7 Å². The Kier molecular flexibility index (Phi) is 1.14. The Bertz CT molecular complexity index is 301. The monoisotopic (exact) mass is 190 g/mol. The van der Waals surface area contributed by atoms with Crippen LogP contribution in [-0.4, -0.2) is 0 Å². The first-order chi connectivity index (χ1) is 6.58. The van der Waals surface area contributed by atoms with E-state index in [-0.39, 0.29) is 0 Å². The fourth-order valence-electron chi connectivity index (χ4n) is 6.33. The van der Waals surface area contributed by atoms with Gasteiger partial charge >= 0.3 is 0 Å². The van der Waals surface area contributed by atoms with E-state index in [0.29, 0.717) is 0 Å². The zero-order chi connectivity index (χ0) is 9.83. The molecule has 0 spiro atoms. The summed E-state index contributed by atoms with van der Waals surface area (Å²) in [6, 6.07) is 0. The van der Waals surface area contributed by atoms with Crippen molar-refractivity contribution in [3.63, 3.8) is 0 Å². The Labute approximate surface area is 87.5 Å². The third kappa shape index (κ3) is 0.537. The fourth-order valence-corrected chi connectivity index (χ4v) is 6.33. The SMILES string of the molecule is CC1CC(C)C(C)C2(C)C3C1C1C3C12. The van der Waals surface area contributed by atoms with Crippen molar-refractivity contribution < 1.29 is 0 Å². The summed E-state index contributed by atoms with van der Waals surface area (Å²) < 4.78 is 0. The molecule has 9 atom stereocenters. The van der Waals surface area contributed by atoms with Gasteiger partial charge in [-0.1, -0.05) is 27.7 Å². The van der Waals surface area contributed by atoms with E-state index in [9.17, 15) is 0 Å². The molecule has 4 rings (SSSR count). The van der Waals surface area contributed by atoms with E-state index in [0.717, 1.165) is 35.0 Å². The maximum Gasteiger partial charge on any atom is -0.0230 e. The highest BCUT2D eigenvalue weighted by atomic mass is 14.9. The minimum Gasteiger partial charge on any atom is -0.0622 e. The molecule has 78 valence electrons. The van der Waals surface area contributed by atoms with Gasteiger partial charge < -0.3 is 0 Å². The molecule has 0 heterocycles. The Balaban J connectivity index is 1.79. The van der Waals surface area contributed by atoms with Crippen LogP contribution in [0.25, 0.3) is 0 Å². The van der Waals surface area contributed by atoms with E-state index in [1.54, 1.807) is 0 Å². The molecule has 0 heteroatoms. The first kappa shape index (κ1) is 8.19. The molecule has 14 heavy (non-hydrogen) atoms. The second-order valence-corrected chi connectivity index (χ2v) is 7.13. The summed E-state index contributed by atoms with van der Waals surface area (Å²) in [5.41, 5.74) is 0.782. The second kappa shape index (κ2) is 1.95. The van der Waals surface area contributed by atoms with Crippen molar-refractivity contribution in [2.45, 2.75) is 34.1 Å². The molecule has 4 saturated carbocycles. The van der Waals surface area contributed by atoms with Gasteiger partial charge in [0.25, 0.3) is 0 Å². The highest BCUT2D eigenvalue weighted by Gasteiger charge is 2.88. The summed E-state index contributed by atoms with van der Waals surface area (Å²) in [6.45, 7) is 10.2. The van der Waals surface area contributed by atoms with Crippen molar-refractivity contribution in [2.75, 3.05) is 0 Å². The molecule has 0 amide bonds. The van der Waals surface area contributed by atoms with Crippen LogP contribution in [0, 0.1) is 52.8 Å². The first-order valence-electron chi connectivity index (χ1n) is 6.58. The van der Waals surface area contributed by atoms with Gasteiger partial charge in [-0.3, -0.25) is 0 Å². The van der Waals surface area contributed by atoms with Gasteiger partial charge in [-0.05, 0) is 59.2 Å². The average Bonchev–Trinajstić information content (AvgIpc) is 2.53. The van der Waals surface area contributed by atoms with Gasteiger partial charge in [0.15, 0.2) is 0 Å². The van der Waals surface area contributed by atoms with Gasteiger partial charge in [-0.25, -0.2) is 0 Å². The molecule has 0 aromatic carbocycles. The highest BCUT2D eigenvalue weighted by Crippen LogP contribution is 2.92. The molecule has 0 saturated heterocycles. The van der Waals surface area contributed by atoms with Gasteiger partial charge in [-0.2, -0.15) is 0 Å². The van der Waals surface area contributed by atoms with Crippen molar-refractivity contribution in [1.82, 2.24) is 0 Å². The molecule has 4 aliphatic rings. The van der Waals surface area contributed by atoms with Crippen LogP contribution in [-0.2, 0) is 0 Å². The molecule has 0 N–H and O–H groups in total. The van der Waals surface area contributed by atoms with Crippen molar-refractivity contribution >= 4 is 0 Å². The molecular formula is C14H22. The molecule has 0 aliphatic heterocycles. The topological polar surface area (TPSA) is 0 Å². The van der Waals surface area contributed by atoms with E-state index in [1.165, 1.54) is 24.2 Å². The van der Waals surface area contributed by atoms with Crippen LogP contribution < -0.4 is 0 Å². The van der Waals surface area contributed by atoms with Gasteiger partial charge in [-0.15, -0.1) is 0 Å². The van der Waals surface area contributed by atoms with Crippen LogP contribution in [0.4, 0.5) is 0 Å². The molecule has 0 bridgehead atoms. The van der Waals surface area contributed by atoms with Gasteiger partial charge in [0, 0.05) is 0 Å². The zero-order valence-electron chi connectivity index (χ0n) is 9.83. The lowest BCUT2D eigenvalue weighted by Crippen LogP contribution is -2.49. The lowest BCUT2D eigenvalue weighted by atomic mass is 9.51. The van der Waals surface area contributed by atoms with Crippen molar-refractivity contribution in [1.29, 1.82) is 0 Å². The normalized spacial score (nSPS) is 78.0. The molecule has 0 aromatic heterocycles. The average molecular weight is 190 g/mol. The predicted molar refractivity (Wildman–Crippen MR) is 57.7 cm³/mol. The van der Waals surface area contributed by atoms with E-state index < -0.39 is 0 Å². The minimum absolute atomic E-state index is 0.782. The largest absolute Gasteiger partial charge is 0.0622 e. The Morgan fingerprint density at radius 1 is 0.857 bits per heavy atom. The summed E-state index contributed by atoms with van der Waals surface area (Å²) in [7, 11) is 0. The number of hydrogen-bond acceptors (Lipinski definition) is 0. The zero-order valence-corrected chi connectivity index (χ0v) is 9.83. The standard InChI is InChI=1S/C14H22/c1-6-5-7(2)9-10-11-12(9)14(4,8(6)3)13(10)11/h6-13H,5H2,1-4H3. The Morgan fingerprint density at radius 3 is 2.21 bits per heavy atom. The third-order valence-corrected chi connectivity index (χ3v) is 7.08. The van der Waals surface area contributed by atoms with Crippen LogP contribution in [0.1, 0.15) is 34.1 Å². The van der Waals surface area contributed by atoms with Crippen molar-refractivity contribution in [3.05, 3.63) is 0 Å². The minimum atomic E-state index is 0.782. The second-order valence-electron chi connectivity index (χ2n) is 7.13. The van der Waals surface area contributed by atoms with Crippen LogP contribution in [0.15, 0.2) is 0 Å². The molecule has 9 unspecified atom stereocenters. The summed E-state index contributed by atoms with van der Waals surface area (Å²) in [5, 5.41) is 0. The van der Waals surface area contributed by atoms with E-state index >= 15 is 0 Å². The van der Waals surface area contributed by atoms with Crippen molar-refractivity contribution in [3.8, 4) is 0 Å². The molecular weight excluding hydrogens is 168 g/mol. The first-order valence-corrected chi connectivity index (χ1v) is 6.58. The highest BCUT2D eigenvalue weighted by molar-refractivity contribution is 5.35. The molecule has 4 aliphatic carbocycles. The molecule has 4 fully saturated rings. The maximum atomic E-state index is 2.62. The van der Waals surface area contributed by atoms with Crippen LogP contribution in [0.2, 0.25) is 0 Å². The van der Waals surface area contributed by atoms with Gasteiger partial charge in [0.1, 0.15) is 0 Å². The lowest BCUT2D eigenvalue weighted by molar-refractivity contribution is -0.0658. The fraction of sp³-hybridized carbons (Fsp3) is 1.00. The van der Waals surface area contributed by atoms with Gasteiger partial charge in [0.2, 0.25) is 0 Å². The maximum absolute atomic E-state index is 2.62. The molecule has 0 nitrogen and oxygen atoms in total. The van der Waals surface area contributed by atoms with Crippen molar-refractivity contribution in [2.24, 2.45) is 52.8 Å². The third-order valence-electron chi connectivity index (χ3n) is 7.08. The van der Waals surface area contributed by atoms with Crippen LogP contribution in [0.3, 0.4) is 0 Å². The van der Waals surface area contributed by atoms with Crippen LogP contribution in [0.5, 0.6) is 0 Å².